The predicted octanol–water partition coefficient (Wildman–Crippen LogP) is 1.01. The standard InChI is InChI=1S/C13H20N4O3S/c1-2-10(12-14-3-8-21-12)15-13(20)17-6-4-16(5-7-17)9-11(18)19/h3,8,10H,2,4-7,9H2,1H3,(H,15,20)(H,18,19). The molecule has 0 radical (unpaired) electrons. The average Bonchev–Trinajstić information content (AvgIpc) is 2.98. The molecular weight excluding hydrogens is 292 g/mol. The molecule has 0 bridgehead atoms. The fourth-order valence-electron chi connectivity index (χ4n) is 2.29. The fourth-order valence-corrected chi connectivity index (χ4v) is 3.06. The van der Waals surface area contributed by atoms with E-state index in [1.54, 1.807) is 11.1 Å². The van der Waals surface area contributed by atoms with Crippen LogP contribution in [0.25, 0.3) is 0 Å². The van der Waals surface area contributed by atoms with Crippen LogP contribution in [0.15, 0.2) is 11.6 Å². The van der Waals surface area contributed by atoms with Crippen molar-refractivity contribution in [2.24, 2.45) is 0 Å². The number of aliphatic carboxylic acids is 1. The number of aromatic nitrogens is 1. The van der Waals surface area contributed by atoms with Crippen molar-refractivity contribution in [1.29, 1.82) is 0 Å². The molecule has 0 aliphatic carbocycles. The maximum absolute atomic E-state index is 12.2. The summed E-state index contributed by atoms with van der Waals surface area (Å²) in [5, 5.41) is 14.6. The Balaban J connectivity index is 1.83. The number of hydrogen-bond acceptors (Lipinski definition) is 5. The molecule has 0 spiro atoms. The highest BCUT2D eigenvalue weighted by Crippen LogP contribution is 2.19. The van der Waals surface area contributed by atoms with Crippen LogP contribution in [0.3, 0.4) is 0 Å². The van der Waals surface area contributed by atoms with Crippen molar-refractivity contribution in [2.75, 3.05) is 32.7 Å². The zero-order chi connectivity index (χ0) is 15.2. The number of carboxylic acids is 1. The van der Waals surface area contributed by atoms with Gasteiger partial charge in [-0.15, -0.1) is 11.3 Å². The van der Waals surface area contributed by atoms with Crippen LogP contribution in [0.1, 0.15) is 24.4 Å². The zero-order valence-corrected chi connectivity index (χ0v) is 12.8. The first-order valence-corrected chi connectivity index (χ1v) is 7.87. The van der Waals surface area contributed by atoms with Crippen LogP contribution in [-0.2, 0) is 4.79 Å². The lowest BCUT2D eigenvalue weighted by molar-refractivity contribution is -0.138. The predicted molar refractivity (Wildman–Crippen MR) is 79.3 cm³/mol. The van der Waals surface area contributed by atoms with Gasteiger partial charge in [0.15, 0.2) is 0 Å². The summed E-state index contributed by atoms with van der Waals surface area (Å²) in [5.74, 6) is -0.831. The molecule has 2 amide bonds. The summed E-state index contributed by atoms with van der Waals surface area (Å²) in [7, 11) is 0. The largest absolute Gasteiger partial charge is 0.480 e. The van der Waals surface area contributed by atoms with Crippen molar-refractivity contribution in [3.8, 4) is 0 Å². The van der Waals surface area contributed by atoms with Crippen molar-refractivity contribution in [3.63, 3.8) is 0 Å². The van der Waals surface area contributed by atoms with E-state index in [1.165, 1.54) is 11.3 Å². The summed E-state index contributed by atoms with van der Waals surface area (Å²) < 4.78 is 0. The van der Waals surface area contributed by atoms with E-state index in [-0.39, 0.29) is 18.6 Å². The third kappa shape index (κ3) is 4.40. The Labute approximate surface area is 127 Å². The van der Waals surface area contributed by atoms with E-state index in [2.05, 4.69) is 10.3 Å². The topological polar surface area (TPSA) is 85.8 Å². The highest BCUT2D eigenvalue weighted by molar-refractivity contribution is 7.09. The number of carbonyl (C=O) groups is 2. The number of hydrogen-bond donors (Lipinski definition) is 2. The van der Waals surface area contributed by atoms with E-state index >= 15 is 0 Å². The Morgan fingerprint density at radius 3 is 2.67 bits per heavy atom. The van der Waals surface area contributed by atoms with Crippen molar-refractivity contribution >= 4 is 23.3 Å². The minimum Gasteiger partial charge on any atom is -0.480 e. The quantitative estimate of drug-likeness (QED) is 0.847. The number of urea groups is 1. The van der Waals surface area contributed by atoms with Gasteiger partial charge < -0.3 is 15.3 Å². The summed E-state index contributed by atoms with van der Waals surface area (Å²) in [6, 6.07) is -0.165. The number of piperazine rings is 1. The molecule has 7 nitrogen and oxygen atoms in total. The van der Waals surface area contributed by atoms with Gasteiger partial charge in [-0.05, 0) is 6.42 Å². The Morgan fingerprint density at radius 2 is 2.14 bits per heavy atom. The van der Waals surface area contributed by atoms with E-state index in [0.717, 1.165) is 11.4 Å². The minimum absolute atomic E-state index is 0.0339. The van der Waals surface area contributed by atoms with Gasteiger partial charge in [0.25, 0.3) is 0 Å². The molecular formula is C13H20N4O3S. The maximum atomic E-state index is 12.2. The van der Waals surface area contributed by atoms with Gasteiger partial charge in [0.1, 0.15) is 5.01 Å². The first-order valence-electron chi connectivity index (χ1n) is 6.99. The van der Waals surface area contributed by atoms with Crippen LogP contribution in [0.5, 0.6) is 0 Å². The third-order valence-corrected chi connectivity index (χ3v) is 4.36. The number of nitrogens with zero attached hydrogens (tertiary/aromatic N) is 3. The molecule has 0 saturated carbocycles. The third-order valence-electron chi connectivity index (χ3n) is 3.47. The molecule has 1 atom stereocenters. The van der Waals surface area contributed by atoms with Crippen molar-refractivity contribution in [3.05, 3.63) is 16.6 Å². The lowest BCUT2D eigenvalue weighted by Crippen LogP contribution is -2.53. The van der Waals surface area contributed by atoms with E-state index in [4.69, 9.17) is 5.11 Å². The Bertz CT molecular complexity index is 472. The molecule has 0 aromatic carbocycles. The molecule has 21 heavy (non-hydrogen) atoms. The smallest absolute Gasteiger partial charge is 0.318 e. The monoisotopic (exact) mass is 312 g/mol. The molecule has 1 fully saturated rings. The molecule has 116 valence electrons. The lowest BCUT2D eigenvalue weighted by atomic mass is 10.2. The van der Waals surface area contributed by atoms with Crippen molar-refractivity contribution in [1.82, 2.24) is 20.1 Å². The first-order chi connectivity index (χ1) is 10.1. The second-order valence-corrected chi connectivity index (χ2v) is 5.86. The van der Waals surface area contributed by atoms with Crippen molar-refractivity contribution in [2.45, 2.75) is 19.4 Å². The van der Waals surface area contributed by atoms with Gasteiger partial charge in [-0.25, -0.2) is 9.78 Å². The Morgan fingerprint density at radius 1 is 1.43 bits per heavy atom. The van der Waals surface area contributed by atoms with E-state index in [1.807, 2.05) is 17.2 Å². The van der Waals surface area contributed by atoms with Crippen LogP contribution in [0.2, 0.25) is 0 Å². The van der Waals surface area contributed by atoms with Crippen molar-refractivity contribution < 1.29 is 14.7 Å². The maximum Gasteiger partial charge on any atom is 0.318 e. The van der Waals surface area contributed by atoms with Gasteiger partial charge in [0.2, 0.25) is 0 Å². The molecule has 1 aromatic heterocycles. The first kappa shape index (κ1) is 15.7. The van der Waals surface area contributed by atoms with Crippen LogP contribution in [0.4, 0.5) is 4.79 Å². The number of carboxylic acid groups (broad SMARTS) is 1. The number of nitrogens with one attached hydrogen (secondary N) is 1. The van der Waals surface area contributed by atoms with Gasteiger partial charge in [0, 0.05) is 37.8 Å². The molecule has 8 heteroatoms. The van der Waals surface area contributed by atoms with Gasteiger partial charge in [0.05, 0.1) is 12.6 Å². The second-order valence-electron chi connectivity index (χ2n) is 4.94. The molecule has 1 saturated heterocycles. The number of amides is 2. The number of carbonyl (C=O) groups excluding carboxylic acids is 1. The van der Waals surface area contributed by atoms with Crippen LogP contribution in [-0.4, -0.2) is 64.6 Å². The molecule has 1 unspecified atom stereocenters. The molecule has 1 aliphatic heterocycles. The average molecular weight is 312 g/mol. The minimum atomic E-state index is -0.831. The van der Waals surface area contributed by atoms with E-state index < -0.39 is 5.97 Å². The molecule has 2 N–H and O–H groups in total. The van der Waals surface area contributed by atoms with E-state index in [9.17, 15) is 9.59 Å². The highest BCUT2D eigenvalue weighted by atomic mass is 32.1. The fraction of sp³-hybridized carbons (Fsp3) is 0.615. The molecule has 2 rings (SSSR count). The normalized spacial score (nSPS) is 17.5. The summed E-state index contributed by atoms with van der Waals surface area (Å²) in [6.07, 6.45) is 2.53. The zero-order valence-electron chi connectivity index (χ0n) is 12.0. The summed E-state index contributed by atoms with van der Waals surface area (Å²) in [5.41, 5.74) is 0. The summed E-state index contributed by atoms with van der Waals surface area (Å²) in [4.78, 5) is 30.7. The van der Waals surface area contributed by atoms with Crippen LogP contribution < -0.4 is 5.32 Å². The van der Waals surface area contributed by atoms with Gasteiger partial charge in [-0.2, -0.15) is 0 Å². The summed E-state index contributed by atoms with van der Waals surface area (Å²) in [6.45, 7) is 4.33. The molecule has 1 aromatic rings. The lowest BCUT2D eigenvalue weighted by Gasteiger charge is -2.34. The van der Waals surface area contributed by atoms with Gasteiger partial charge in [-0.3, -0.25) is 9.69 Å². The van der Waals surface area contributed by atoms with Crippen LogP contribution >= 0.6 is 11.3 Å². The number of rotatable bonds is 5. The van der Waals surface area contributed by atoms with E-state index in [0.29, 0.717) is 26.2 Å². The Hall–Kier alpha value is -1.67. The van der Waals surface area contributed by atoms with Gasteiger partial charge >= 0.3 is 12.0 Å². The second kappa shape index (κ2) is 7.37. The SMILES string of the molecule is CCC(NC(=O)N1CCN(CC(=O)O)CC1)c1nccs1. The highest BCUT2D eigenvalue weighted by Gasteiger charge is 2.24. The Kier molecular flexibility index (Phi) is 5.51. The number of thiazole rings is 1. The van der Waals surface area contributed by atoms with Gasteiger partial charge in [-0.1, -0.05) is 6.92 Å². The molecule has 1 aliphatic rings. The van der Waals surface area contributed by atoms with Crippen LogP contribution in [0, 0.1) is 0 Å². The summed E-state index contributed by atoms with van der Waals surface area (Å²) >= 11 is 1.53. The molecule has 2 heterocycles.